The van der Waals surface area contributed by atoms with E-state index in [2.05, 4.69) is 37.9 Å². The van der Waals surface area contributed by atoms with Crippen molar-refractivity contribution < 1.29 is 4.39 Å². The molecule has 0 spiro atoms. The van der Waals surface area contributed by atoms with Crippen LogP contribution >= 0.6 is 0 Å². The summed E-state index contributed by atoms with van der Waals surface area (Å²) in [7, 11) is 2.05. The Hall–Kier alpha value is -0.930. The minimum atomic E-state index is -0.106. The van der Waals surface area contributed by atoms with Gasteiger partial charge in [0.2, 0.25) is 0 Å². The summed E-state index contributed by atoms with van der Waals surface area (Å²) in [6.07, 6.45) is 1.11. The van der Waals surface area contributed by atoms with Crippen LogP contribution in [0.15, 0.2) is 18.2 Å². The van der Waals surface area contributed by atoms with Gasteiger partial charge in [-0.25, -0.2) is 4.39 Å². The van der Waals surface area contributed by atoms with Gasteiger partial charge < -0.3 is 10.2 Å². The van der Waals surface area contributed by atoms with Crippen LogP contribution in [-0.4, -0.2) is 25.0 Å². The fourth-order valence-electron chi connectivity index (χ4n) is 2.43. The minimum Gasteiger partial charge on any atom is -0.313 e. The van der Waals surface area contributed by atoms with E-state index in [9.17, 15) is 4.39 Å². The number of hydrogen-bond donors (Lipinski definition) is 1. The Morgan fingerprint density at radius 1 is 1.25 bits per heavy atom. The second-order valence-corrected chi connectivity index (χ2v) is 6.84. The van der Waals surface area contributed by atoms with Gasteiger partial charge in [-0.15, -0.1) is 0 Å². The molecule has 1 aromatic carbocycles. The van der Waals surface area contributed by atoms with Crippen molar-refractivity contribution in [2.75, 3.05) is 20.1 Å². The highest BCUT2D eigenvalue weighted by Crippen LogP contribution is 2.18. The van der Waals surface area contributed by atoms with Crippen molar-refractivity contribution in [2.24, 2.45) is 5.41 Å². The summed E-state index contributed by atoms with van der Waals surface area (Å²) in [6, 6.07) is 5.44. The standard InChI is InChI=1S/C17H29FN2/c1-6-9-19-11-14-7-8-16(18)15(10-14)12-20(5)13-17(2,3)4/h7-8,10,19H,6,9,11-13H2,1-5H3. The molecule has 0 heterocycles. The third-order valence-electron chi connectivity index (χ3n) is 3.05. The lowest BCUT2D eigenvalue weighted by Gasteiger charge is -2.26. The molecule has 114 valence electrons. The highest BCUT2D eigenvalue weighted by Gasteiger charge is 2.15. The summed E-state index contributed by atoms with van der Waals surface area (Å²) >= 11 is 0. The van der Waals surface area contributed by atoms with Crippen molar-refractivity contribution in [1.29, 1.82) is 0 Å². The fraction of sp³-hybridized carbons (Fsp3) is 0.647. The Labute approximate surface area is 123 Å². The number of halogens is 1. The van der Waals surface area contributed by atoms with Crippen molar-refractivity contribution in [1.82, 2.24) is 10.2 Å². The van der Waals surface area contributed by atoms with E-state index in [1.54, 1.807) is 6.07 Å². The first-order chi connectivity index (χ1) is 9.31. The Kier molecular flexibility index (Phi) is 6.63. The molecule has 0 atom stereocenters. The van der Waals surface area contributed by atoms with Crippen LogP contribution in [0, 0.1) is 11.2 Å². The second kappa shape index (κ2) is 7.75. The molecule has 1 N–H and O–H groups in total. The Bertz CT molecular complexity index is 410. The smallest absolute Gasteiger partial charge is 0.127 e. The predicted molar refractivity (Wildman–Crippen MR) is 84.2 cm³/mol. The number of nitrogens with zero attached hydrogens (tertiary/aromatic N) is 1. The first kappa shape index (κ1) is 17.1. The van der Waals surface area contributed by atoms with Crippen molar-refractivity contribution in [3.8, 4) is 0 Å². The molecule has 2 nitrogen and oxygen atoms in total. The Morgan fingerprint density at radius 2 is 1.95 bits per heavy atom. The van der Waals surface area contributed by atoms with Gasteiger partial charge in [-0.3, -0.25) is 0 Å². The predicted octanol–water partition coefficient (Wildman–Crippen LogP) is 3.80. The van der Waals surface area contributed by atoms with Crippen LogP contribution in [-0.2, 0) is 13.1 Å². The molecule has 0 saturated heterocycles. The molecule has 0 aliphatic heterocycles. The highest BCUT2D eigenvalue weighted by molar-refractivity contribution is 5.25. The monoisotopic (exact) mass is 280 g/mol. The minimum absolute atomic E-state index is 0.106. The molecular weight excluding hydrogens is 251 g/mol. The Balaban J connectivity index is 2.66. The number of hydrogen-bond acceptors (Lipinski definition) is 2. The quantitative estimate of drug-likeness (QED) is 0.764. The van der Waals surface area contributed by atoms with Crippen molar-refractivity contribution in [3.63, 3.8) is 0 Å². The molecule has 20 heavy (non-hydrogen) atoms. The maximum absolute atomic E-state index is 13.9. The first-order valence-corrected chi connectivity index (χ1v) is 7.48. The van der Waals surface area contributed by atoms with Crippen LogP contribution in [0.5, 0.6) is 0 Å². The third-order valence-corrected chi connectivity index (χ3v) is 3.05. The molecule has 0 amide bonds. The van der Waals surface area contributed by atoms with E-state index in [-0.39, 0.29) is 11.2 Å². The van der Waals surface area contributed by atoms with Crippen LogP contribution in [0.4, 0.5) is 4.39 Å². The number of rotatable bonds is 7. The largest absolute Gasteiger partial charge is 0.313 e. The van der Waals surface area contributed by atoms with Gasteiger partial charge in [0.15, 0.2) is 0 Å². The van der Waals surface area contributed by atoms with E-state index >= 15 is 0 Å². The zero-order valence-electron chi connectivity index (χ0n) is 13.6. The molecular formula is C17H29FN2. The first-order valence-electron chi connectivity index (χ1n) is 7.48. The van der Waals surface area contributed by atoms with E-state index in [1.807, 2.05) is 19.2 Å². The lowest BCUT2D eigenvalue weighted by Crippen LogP contribution is -2.29. The molecule has 0 aliphatic carbocycles. The molecule has 0 saturated carbocycles. The van der Waals surface area contributed by atoms with E-state index in [0.29, 0.717) is 6.54 Å². The summed E-state index contributed by atoms with van der Waals surface area (Å²) in [5, 5.41) is 3.35. The van der Waals surface area contributed by atoms with E-state index in [4.69, 9.17) is 0 Å². The summed E-state index contributed by atoms with van der Waals surface area (Å²) in [5.74, 6) is -0.106. The van der Waals surface area contributed by atoms with Crippen LogP contribution in [0.25, 0.3) is 0 Å². The van der Waals surface area contributed by atoms with Gasteiger partial charge in [0.25, 0.3) is 0 Å². The third kappa shape index (κ3) is 6.49. The molecule has 1 rings (SSSR count). The van der Waals surface area contributed by atoms with Gasteiger partial charge in [-0.05, 0) is 37.1 Å². The van der Waals surface area contributed by atoms with Crippen molar-refractivity contribution in [3.05, 3.63) is 35.1 Å². The maximum Gasteiger partial charge on any atom is 0.127 e. The van der Waals surface area contributed by atoms with Crippen LogP contribution < -0.4 is 5.32 Å². The molecule has 0 aromatic heterocycles. The van der Waals surface area contributed by atoms with Crippen LogP contribution in [0.1, 0.15) is 45.2 Å². The van der Waals surface area contributed by atoms with Gasteiger partial charge >= 0.3 is 0 Å². The average molecular weight is 280 g/mol. The maximum atomic E-state index is 13.9. The van der Waals surface area contributed by atoms with Gasteiger partial charge in [0.05, 0.1) is 0 Å². The molecule has 0 bridgehead atoms. The van der Waals surface area contributed by atoms with Gasteiger partial charge in [-0.2, -0.15) is 0 Å². The summed E-state index contributed by atoms with van der Waals surface area (Å²) in [4.78, 5) is 2.18. The van der Waals surface area contributed by atoms with Crippen molar-refractivity contribution in [2.45, 2.75) is 47.2 Å². The van der Waals surface area contributed by atoms with Gasteiger partial charge in [0, 0.05) is 25.2 Å². The molecule has 0 radical (unpaired) electrons. The van der Waals surface area contributed by atoms with E-state index < -0.39 is 0 Å². The van der Waals surface area contributed by atoms with Crippen LogP contribution in [0.2, 0.25) is 0 Å². The second-order valence-electron chi connectivity index (χ2n) is 6.84. The van der Waals surface area contributed by atoms with E-state index in [0.717, 1.165) is 37.2 Å². The summed E-state index contributed by atoms with van der Waals surface area (Å²) < 4.78 is 13.9. The van der Waals surface area contributed by atoms with Crippen molar-refractivity contribution >= 4 is 0 Å². The average Bonchev–Trinajstić information content (AvgIpc) is 2.31. The fourth-order valence-corrected chi connectivity index (χ4v) is 2.43. The summed E-state index contributed by atoms with van der Waals surface area (Å²) in [5.41, 5.74) is 2.16. The van der Waals surface area contributed by atoms with Crippen LogP contribution in [0.3, 0.4) is 0 Å². The molecule has 1 aromatic rings. The number of nitrogens with one attached hydrogen (secondary N) is 1. The van der Waals surface area contributed by atoms with Gasteiger partial charge in [-0.1, -0.05) is 39.8 Å². The SMILES string of the molecule is CCCNCc1ccc(F)c(CN(C)CC(C)(C)C)c1. The number of benzene rings is 1. The molecule has 0 aliphatic rings. The normalized spacial score (nSPS) is 12.2. The molecule has 0 fully saturated rings. The lowest BCUT2D eigenvalue weighted by molar-refractivity contribution is 0.218. The zero-order chi connectivity index (χ0) is 15.2. The van der Waals surface area contributed by atoms with E-state index in [1.165, 1.54) is 0 Å². The molecule has 0 unspecified atom stereocenters. The lowest BCUT2D eigenvalue weighted by atomic mass is 9.96. The Morgan fingerprint density at radius 3 is 2.55 bits per heavy atom. The zero-order valence-corrected chi connectivity index (χ0v) is 13.6. The summed E-state index contributed by atoms with van der Waals surface area (Å²) in [6.45, 7) is 12.2. The topological polar surface area (TPSA) is 15.3 Å². The van der Waals surface area contributed by atoms with Gasteiger partial charge in [0.1, 0.15) is 5.82 Å². The molecule has 3 heteroatoms. The highest BCUT2D eigenvalue weighted by atomic mass is 19.1.